The van der Waals surface area contributed by atoms with Gasteiger partial charge < -0.3 is 15.8 Å². The van der Waals surface area contributed by atoms with Crippen molar-refractivity contribution in [2.45, 2.75) is 26.3 Å². The maximum atomic E-state index is 10.5. The third-order valence-electron chi connectivity index (χ3n) is 2.34. The Labute approximate surface area is 102 Å². The molecular formula is C13H20N2O2. The van der Waals surface area contributed by atoms with E-state index in [9.17, 15) is 4.79 Å². The Hall–Kier alpha value is -1.55. The number of hydrogen-bond acceptors (Lipinski definition) is 3. The van der Waals surface area contributed by atoms with Gasteiger partial charge in [-0.15, -0.1) is 0 Å². The highest BCUT2D eigenvalue weighted by Crippen LogP contribution is 2.11. The smallest absolute Gasteiger partial charge is 0.217 e. The monoisotopic (exact) mass is 236 g/mol. The summed E-state index contributed by atoms with van der Waals surface area (Å²) in [7, 11) is 0. The topological polar surface area (TPSA) is 64.3 Å². The van der Waals surface area contributed by atoms with E-state index in [0.717, 1.165) is 25.3 Å². The van der Waals surface area contributed by atoms with Gasteiger partial charge in [-0.25, -0.2) is 0 Å². The first-order chi connectivity index (χ1) is 8.22. The lowest BCUT2D eigenvalue weighted by atomic mass is 10.2. The van der Waals surface area contributed by atoms with Crippen LogP contribution in [0.4, 0.5) is 0 Å². The average Bonchev–Trinajstić information content (AvgIpc) is 2.31. The van der Waals surface area contributed by atoms with Gasteiger partial charge >= 0.3 is 0 Å². The molecule has 0 aliphatic carbocycles. The first kappa shape index (κ1) is 13.5. The predicted octanol–water partition coefficient (Wildman–Crippen LogP) is 1.44. The van der Waals surface area contributed by atoms with Crippen LogP contribution in [0.1, 0.15) is 25.3 Å². The number of carbonyl (C=O) groups is 1. The fraction of sp³-hybridized carbons (Fsp3) is 0.462. The highest BCUT2D eigenvalue weighted by atomic mass is 16.5. The molecule has 3 N–H and O–H groups in total. The Morgan fingerprint density at radius 2 is 2.06 bits per heavy atom. The summed E-state index contributed by atoms with van der Waals surface area (Å²) in [6, 6.07) is 7.99. The van der Waals surface area contributed by atoms with Crippen LogP contribution in [-0.4, -0.2) is 19.1 Å². The van der Waals surface area contributed by atoms with Crippen molar-refractivity contribution >= 4 is 5.91 Å². The van der Waals surface area contributed by atoms with Gasteiger partial charge in [0.1, 0.15) is 5.75 Å². The minimum atomic E-state index is -0.243. The summed E-state index contributed by atoms with van der Waals surface area (Å²) in [6.45, 7) is 4.25. The van der Waals surface area contributed by atoms with Crippen LogP contribution in [0.25, 0.3) is 0 Å². The van der Waals surface area contributed by atoms with Crippen LogP contribution in [0.15, 0.2) is 24.3 Å². The molecule has 0 saturated carbocycles. The third kappa shape index (κ3) is 5.92. The summed E-state index contributed by atoms with van der Waals surface area (Å²) in [5.41, 5.74) is 6.25. The SMILES string of the molecule is CCOc1ccc(CNCCCC(N)=O)cc1. The Bertz CT molecular complexity index is 336. The van der Waals surface area contributed by atoms with Crippen molar-refractivity contribution in [3.63, 3.8) is 0 Å². The minimum absolute atomic E-state index is 0.243. The van der Waals surface area contributed by atoms with E-state index in [2.05, 4.69) is 5.32 Å². The van der Waals surface area contributed by atoms with Crippen molar-refractivity contribution in [1.82, 2.24) is 5.32 Å². The highest BCUT2D eigenvalue weighted by molar-refractivity contribution is 5.73. The Balaban J connectivity index is 2.20. The lowest BCUT2D eigenvalue weighted by Crippen LogP contribution is -2.18. The summed E-state index contributed by atoms with van der Waals surface area (Å²) >= 11 is 0. The molecular weight excluding hydrogens is 216 g/mol. The molecule has 17 heavy (non-hydrogen) atoms. The van der Waals surface area contributed by atoms with E-state index in [1.165, 1.54) is 5.56 Å². The number of nitrogens with two attached hydrogens (primary N) is 1. The molecule has 1 aromatic rings. The molecule has 0 heterocycles. The van der Waals surface area contributed by atoms with Gasteiger partial charge in [0.25, 0.3) is 0 Å². The van der Waals surface area contributed by atoms with Crippen molar-refractivity contribution in [3.05, 3.63) is 29.8 Å². The number of nitrogens with one attached hydrogen (secondary N) is 1. The minimum Gasteiger partial charge on any atom is -0.494 e. The highest BCUT2D eigenvalue weighted by Gasteiger charge is 1.96. The quantitative estimate of drug-likeness (QED) is 0.671. The van der Waals surface area contributed by atoms with Gasteiger partial charge in [0.15, 0.2) is 0 Å². The van der Waals surface area contributed by atoms with E-state index in [-0.39, 0.29) is 5.91 Å². The van der Waals surface area contributed by atoms with Gasteiger partial charge in [-0.3, -0.25) is 4.79 Å². The summed E-state index contributed by atoms with van der Waals surface area (Å²) in [5.74, 6) is 0.651. The molecule has 0 aromatic heterocycles. The number of hydrogen-bond donors (Lipinski definition) is 2. The van der Waals surface area contributed by atoms with E-state index in [1.54, 1.807) is 0 Å². The fourth-order valence-electron chi connectivity index (χ4n) is 1.49. The van der Waals surface area contributed by atoms with Gasteiger partial charge in [-0.1, -0.05) is 12.1 Å². The molecule has 0 saturated heterocycles. The van der Waals surface area contributed by atoms with E-state index in [1.807, 2.05) is 31.2 Å². The van der Waals surface area contributed by atoms with Gasteiger partial charge in [0.2, 0.25) is 5.91 Å². The molecule has 0 bridgehead atoms. The molecule has 0 unspecified atom stereocenters. The number of amides is 1. The summed E-state index contributed by atoms with van der Waals surface area (Å²) < 4.78 is 5.36. The molecule has 1 aromatic carbocycles. The van der Waals surface area contributed by atoms with Crippen LogP contribution in [0.5, 0.6) is 5.75 Å². The molecule has 0 radical (unpaired) electrons. The first-order valence-electron chi connectivity index (χ1n) is 5.93. The Kier molecular flexibility index (Phi) is 6.10. The summed E-state index contributed by atoms with van der Waals surface area (Å²) in [5, 5.41) is 3.26. The van der Waals surface area contributed by atoms with Gasteiger partial charge in [-0.05, 0) is 37.6 Å². The molecule has 4 nitrogen and oxygen atoms in total. The lowest BCUT2D eigenvalue weighted by Gasteiger charge is -2.06. The maximum absolute atomic E-state index is 10.5. The second-order valence-corrected chi connectivity index (χ2v) is 3.82. The second-order valence-electron chi connectivity index (χ2n) is 3.82. The number of ether oxygens (including phenoxy) is 1. The molecule has 0 aliphatic heterocycles. The standard InChI is InChI=1S/C13H20N2O2/c1-2-17-12-7-5-11(6-8-12)10-15-9-3-4-13(14)16/h5-8,15H,2-4,9-10H2,1H3,(H2,14,16). The van der Waals surface area contributed by atoms with Crippen molar-refractivity contribution in [1.29, 1.82) is 0 Å². The lowest BCUT2D eigenvalue weighted by molar-refractivity contribution is -0.118. The van der Waals surface area contributed by atoms with Gasteiger partial charge in [0, 0.05) is 13.0 Å². The molecule has 0 spiro atoms. The van der Waals surface area contributed by atoms with Crippen LogP contribution >= 0.6 is 0 Å². The number of carbonyl (C=O) groups excluding carboxylic acids is 1. The molecule has 0 aliphatic rings. The van der Waals surface area contributed by atoms with Crippen LogP contribution in [-0.2, 0) is 11.3 Å². The Morgan fingerprint density at radius 3 is 2.65 bits per heavy atom. The molecule has 94 valence electrons. The van der Waals surface area contributed by atoms with Gasteiger partial charge in [0.05, 0.1) is 6.61 Å². The largest absolute Gasteiger partial charge is 0.494 e. The fourth-order valence-corrected chi connectivity index (χ4v) is 1.49. The zero-order valence-electron chi connectivity index (χ0n) is 10.2. The Morgan fingerprint density at radius 1 is 1.35 bits per heavy atom. The predicted molar refractivity (Wildman–Crippen MR) is 67.7 cm³/mol. The maximum Gasteiger partial charge on any atom is 0.217 e. The number of primary amides is 1. The average molecular weight is 236 g/mol. The summed E-state index contributed by atoms with van der Waals surface area (Å²) in [6.07, 6.45) is 1.22. The van der Waals surface area contributed by atoms with Crippen LogP contribution in [0.2, 0.25) is 0 Å². The third-order valence-corrected chi connectivity index (χ3v) is 2.34. The van der Waals surface area contributed by atoms with Crippen molar-refractivity contribution in [3.8, 4) is 5.75 Å². The van der Waals surface area contributed by atoms with Crippen molar-refractivity contribution in [2.75, 3.05) is 13.2 Å². The van der Waals surface area contributed by atoms with Crippen LogP contribution < -0.4 is 15.8 Å². The van der Waals surface area contributed by atoms with Crippen LogP contribution in [0.3, 0.4) is 0 Å². The van der Waals surface area contributed by atoms with Crippen molar-refractivity contribution in [2.24, 2.45) is 5.73 Å². The molecule has 0 fully saturated rings. The zero-order chi connectivity index (χ0) is 12.5. The van der Waals surface area contributed by atoms with E-state index >= 15 is 0 Å². The number of rotatable bonds is 8. The van der Waals surface area contributed by atoms with Crippen molar-refractivity contribution < 1.29 is 9.53 Å². The molecule has 1 amide bonds. The molecule has 0 atom stereocenters. The normalized spacial score (nSPS) is 10.2. The number of benzene rings is 1. The molecule has 4 heteroatoms. The summed E-state index contributed by atoms with van der Waals surface area (Å²) in [4.78, 5) is 10.5. The zero-order valence-corrected chi connectivity index (χ0v) is 10.2. The van der Waals surface area contributed by atoms with Gasteiger partial charge in [-0.2, -0.15) is 0 Å². The molecule has 1 rings (SSSR count). The van der Waals surface area contributed by atoms with E-state index < -0.39 is 0 Å². The van der Waals surface area contributed by atoms with E-state index in [0.29, 0.717) is 13.0 Å². The van der Waals surface area contributed by atoms with E-state index in [4.69, 9.17) is 10.5 Å². The first-order valence-corrected chi connectivity index (χ1v) is 5.93. The second kappa shape index (κ2) is 7.68. The van der Waals surface area contributed by atoms with Crippen LogP contribution in [0, 0.1) is 0 Å².